The van der Waals surface area contributed by atoms with Gasteiger partial charge in [-0.15, -0.1) is 12.4 Å². The van der Waals surface area contributed by atoms with Crippen LogP contribution in [0.3, 0.4) is 0 Å². The van der Waals surface area contributed by atoms with Gasteiger partial charge in [0.05, 0.1) is 11.2 Å². The fourth-order valence-corrected chi connectivity index (χ4v) is 2.75. The Kier molecular flexibility index (Phi) is 6.02. The molecule has 0 atom stereocenters. The zero-order chi connectivity index (χ0) is 13.9. The minimum atomic E-state index is -0.656. The molecule has 0 radical (unpaired) electrons. The number of nitrogens with zero attached hydrogens (tertiary/aromatic N) is 1. The number of carbonyl (C=O) groups is 1. The van der Waals surface area contributed by atoms with Gasteiger partial charge in [0.1, 0.15) is 5.76 Å². The molecule has 2 rings (SSSR count). The lowest BCUT2D eigenvalue weighted by Crippen LogP contribution is -2.55. The standard InChI is InChI=1S/C14H23N3O2.ClH/c1-10-12(11(2)19-17-10)6-9-16-13(18)14(15)7-4-3-5-8-14;/h3-9,15H2,1-2H3,(H,16,18);1H. The molecule has 1 fully saturated rings. The molecule has 114 valence electrons. The minimum absolute atomic E-state index is 0. The normalized spacial score (nSPS) is 17.4. The quantitative estimate of drug-likeness (QED) is 0.891. The fourth-order valence-electron chi connectivity index (χ4n) is 2.75. The summed E-state index contributed by atoms with van der Waals surface area (Å²) < 4.78 is 5.10. The lowest BCUT2D eigenvalue weighted by Gasteiger charge is -2.31. The van der Waals surface area contributed by atoms with Gasteiger partial charge in [-0.3, -0.25) is 4.79 Å². The summed E-state index contributed by atoms with van der Waals surface area (Å²) in [6, 6.07) is 0. The highest BCUT2D eigenvalue weighted by Gasteiger charge is 2.34. The van der Waals surface area contributed by atoms with Crippen molar-refractivity contribution in [2.24, 2.45) is 5.73 Å². The summed E-state index contributed by atoms with van der Waals surface area (Å²) >= 11 is 0. The van der Waals surface area contributed by atoms with Crippen LogP contribution in [0.4, 0.5) is 0 Å². The lowest BCUT2D eigenvalue weighted by molar-refractivity contribution is -0.127. The molecule has 3 N–H and O–H groups in total. The van der Waals surface area contributed by atoms with E-state index in [0.29, 0.717) is 6.54 Å². The van der Waals surface area contributed by atoms with E-state index in [2.05, 4.69) is 10.5 Å². The van der Waals surface area contributed by atoms with Crippen LogP contribution in [0.15, 0.2) is 4.52 Å². The van der Waals surface area contributed by atoms with Crippen molar-refractivity contribution in [3.8, 4) is 0 Å². The maximum absolute atomic E-state index is 12.1. The molecule has 6 heteroatoms. The van der Waals surface area contributed by atoms with Gasteiger partial charge < -0.3 is 15.6 Å². The first-order chi connectivity index (χ1) is 9.03. The Morgan fingerprint density at radius 2 is 2.00 bits per heavy atom. The summed E-state index contributed by atoms with van der Waals surface area (Å²) in [4.78, 5) is 12.1. The summed E-state index contributed by atoms with van der Waals surface area (Å²) in [6.45, 7) is 4.39. The molecule has 1 aliphatic carbocycles. The number of amides is 1. The van der Waals surface area contributed by atoms with Crippen LogP contribution in [0.1, 0.15) is 49.1 Å². The highest BCUT2D eigenvalue weighted by Crippen LogP contribution is 2.25. The third-order valence-electron chi connectivity index (χ3n) is 4.04. The highest BCUT2D eigenvalue weighted by atomic mass is 35.5. The molecule has 1 aliphatic rings. The number of nitrogens with one attached hydrogen (secondary N) is 1. The molecule has 5 nitrogen and oxygen atoms in total. The van der Waals surface area contributed by atoms with Crippen LogP contribution in [0.5, 0.6) is 0 Å². The van der Waals surface area contributed by atoms with Gasteiger partial charge in [-0.05, 0) is 33.1 Å². The van der Waals surface area contributed by atoms with E-state index >= 15 is 0 Å². The van der Waals surface area contributed by atoms with Crippen molar-refractivity contribution < 1.29 is 9.32 Å². The molecule has 0 bridgehead atoms. The third kappa shape index (κ3) is 3.73. The molecule has 0 aliphatic heterocycles. The van der Waals surface area contributed by atoms with Crippen LogP contribution in [0.2, 0.25) is 0 Å². The van der Waals surface area contributed by atoms with Crippen molar-refractivity contribution in [2.75, 3.05) is 6.54 Å². The van der Waals surface area contributed by atoms with Crippen molar-refractivity contribution in [3.63, 3.8) is 0 Å². The Bertz CT molecular complexity index is 434. The van der Waals surface area contributed by atoms with E-state index in [9.17, 15) is 4.79 Å². The first kappa shape index (κ1) is 17.0. The first-order valence-corrected chi connectivity index (χ1v) is 7.02. The number of hydrogen-bond acceptors (Lipinski definition) is 4. The summed E-state index contributed by atoms with van der Waals surface area (Å²) in [5.74, 6) is 0.811. The average molecular weight is 302 g/mol. The Hall–Kier alpha value is -1.07. The van der Waals surface area contributed by atoms with E-state index in [4.69, 9.17) is 10.3 Å². The Morgan fingerprint density at radius 1 is 1.35 bits per heavy atom. The molecule has 0 aromatic carbocycles. The maximum atomic E-state index is 12.1. The van der Waals surface area contributed by atoms with Crippen molar-refractivity contribution in [1.82, 2.24) is 10.5 Å². The van der Waals surface area contributed by atoms with Crippen molar-refractivity contribution in [1.29, 1.82) is 0 Å². The van der Waals surface area contributed by atoms with Gasteiger partial charge >= 0.3 is 0 Å². The topological polar surface area (TPSA) is 81.2 Å². The van der Waals surface area contributed by atoms with Gasteiger partial charge in [-0.25, -0.2) is 0 Å². The largest absolute Gasteiger partial charge is 0.361 e. The number of nitrogens with two attached hydrogens (primary N) is 1. The Labute approximate surface area is 126 Å². The first-order valence-electron chi connectivity index (χ1n) is 7.02. The Balaban J connectivity index is 0.00000200. The van der Waals surface area contributed by atoms with Crippen LogP contribution in [0, 0.1) is 13.8 Å². The van der Waals surface area contributed by atoms with Gasteiger partial charge in [0, 0.05) is 12.1 Å². The zero-order valence-electron chi connectivity index (χ0n) is 12.2. The fraction of sp³-hybridized carbons (Fsp3) is 0.714. The molecule has 1 aromatic heterocycles. The van der Waals surface area contributed by atoms with Crippen LogP contribution in [-0.2, 0) is 11.2 Å². The summed E-state index contributed by atoms with van der Waals surface area (Å²) in [5, 5.41) is 6.86. The molecule has 1 saturated carbocycles. The van der Waals surface area contributed by atoms with Crippen LogP contribution in [0.25, 0.3) is 0 Å². The minimum Gasteiger partial charge on any atom is -0.361 e. The predicted octanol–water partition coefficient (Wildman–Crippen LogP) is 2.03. The summed E-state index contributed by atoms with van der Waals surface area (Å²) in [5.41, 5.74) is 7.50. The summed E-state index contributed by atoms with van der Waals surface area (Å²) in [7, 11) is 0. The molecular weight excluding hydrogens is 278 g/mol. The van der Waals surface area contributed by atoms with Gasteiger partial charge in [0.15, 0.2) is 0 Å². The van der Waals surface area contributed by atoms with Crippen molar-refractivity contribution in [2.45, 2.75) is 57.9 Å². The maximum Gasteiger partial charge on any atom is 0.240 e. The Morgan fingerprint density at radius 3 is 2.55 bits per heavy atom. The second-order valence-corrected chi connectivity index (χ2v) is 5.53. The van der Waals surface area contributed by atoms with Crippen LogP contribution < -0.4 is 11.1 Å². The predicted molar refractivity (Wildman–Crippen MR) is 79.9 cm³/mol. The molecule has 20 heavy (non-hydrogen) atoms. The van der Waals surface area contributed by atoms with Crippen molar-refractivity contribution >= 4 is 18.3 Å². The van der Waals surface area contributed by atoms with Crippen LogP contribution >= 0.6 is 12.4 Å². The molecule has 0 spiro atoms. The SMILES string of the molecule is Cc1noc(C)c1CCNC(=O)C1(N)CCCCC1.Cl. The molecule has 0 unspecified atom stereocenters. The van der Waals surface area contributed by atoms with Crippen LogP contribution in [-0.4, -0.2) is 23.1 Å². The van der Waals surface area contributed by atoms with E-state index in [-0.39, 0.29) is 18.3 Å². The zero-order valence-corrected chi connectivity index (χ0v) is 13.0. The number of aryl methyl sites for hydroxylation is 2. The molecule has 1 amide bonds. The molecule has 1 aromatic rings. The molecular formula is C14H24ClN3O2. The monoisotopic (exact) mass is 301 g/mol. The van der Waals surface area contributed by atoms with E-state index < -0.39 is 5.54 Å². The van der Waals surface area contributed by atoms with E-state index in [0.717, 1.165) is 49.1 Å². The number of rotatable bonds is 4. The third-order valence-corrected chi connectivity index (χ3v) is 4.04. The van der Waals surface area contributed by atoms with Gasteiger partial charge in [-0.2, -0.15) is 0 Å². The number of aromatic nitrogens is 1. The van der Waals surface area contributed by atoms with E-state index in [1.54, 1.807) is 0 Å². The van der Waals surface area contributed by atoms with Gasteiger partial charge in [-0.1, -0.05) is 24.4 Å². The van der Waals surface area contributed by atoms with E-state index in [1.165, 1.54) is 6.42 Å². The second kappa shape index (κ2) is 7.09. The summed E-state index contributed by atoms with van der Waals surface area (Å²) in [6.07, 6.45) is 5.62. The van der Waals surface area contributed by atoms with E-state index in [1.807, 2.05) is 13.8 Å². The number of halogens is 1. The molecule has 1 heterocycles. The van der Waals surface area contributed by atoms with Gasteiger partial charge in [0.25, 0.3) is 0 Å². The highest BCUT2D eigenvalue weighted by molar-refractivity contribution is 5.86. The number of carbonyl (C=O) groups excluding carboxylic acids is 1. The van der Waals surface area contributed by atoms with Crippen molar-refractivity contribution in [3.05, 3.63) is 17.0 Å². The average Bonchev–Trinajstić information content (AvgIpc) is 2.71. The molecule has 0 saturated heterocycles. The second-order valence-electron chi connectivity index (χ2n) is 5.53. The van der Waals surface area contributed by atoms with Gasteiger partial charge in [0.2, 0.25) is 5.91 Å². The number of hydrogen-bond donors (Lipinski definition) is 2. The lowest BCUT2D eigenvalue weighted by atomic mass is 9.82. The smallest absolute Gasteiger partial charge is 0.240 e.